The second-order valence-electron chi connectivity index (χ2n) is 11.0. The summed E-state index contributed by atoms with van der Waals surface area (Å²) in [7, 11) is 0. The monoisotopic (exact) mass is 591 g/mol. The van der Waals surface area contributed by atoms with Gasteiger partial charge < -0.3 is 15.1 Å². The first-order valence-electron chi connectivity index (χ1n) is 14.3. The molecule has 3 aromatic rings. The highest BCUT2D eigenvalue weighted by atomic mass is 35.5. The summed E-state index contributed by atoms with van der Waals surface area (Å²) in [5.74, 6) is -0.515. The maximum Gasteiger partial charge on any atom is 0.254 e. The number of halogens is 2. The van der Waals surface area contributed by atoms with Crippen LogP contribution in [0.1, 0.15) is 64.8 Å². The molecule has 0 spiro atoms. The van der Waals surface area contributed by atoms with Crippen molar-refractivity contribution in [1.82, 2.24) is 15.1 Å². The largest absolute Gasteiger partial charge is 0.351 e. The van der Waals surface area contributed by atoms with E-state index in [1.807, 2.05) is 59.5 Å². The number of carbonyl (C=O) groups excluding carboxylic acids is 3. The minimum atomic E-state index is -0.302. The minimum absolute atomic E-state index is 0.0518. The highest BCUT2D eigenvalue weighted by molar-refractivity contribution is 6.31. The van der Waals surface area contributed by atoms with E-state index < -0.39 is 0 Å². The molecule has 3 atom stereocenters. The van der Waals surface area contributed by atoms with Crippen molar-refractivity contribution in [1.29, 1.82) is 0 Å². The molecule has 214 valence electrons. The summed E-state index contributed by atoms with van der Waals surface area (Å²) in [5, 5.41) is 4.47. The quantitative estimate of drug-likeness (QED) is 0.336. The van der Waals surface area contributed by atoms with E-state index in [-0.39, 0.29) is 35.7 Å². The van der Waals surface area contributed by atoms with Gasteiger partial charge in [0.05, 0.1) is 12.0 Å². The lowest BCUT2D eigenvalue weighted by molar-refractivity contribution is -0.127. The minimum Gasteiger partial charge on any atom is -0.351 e. The van der Waals surface area contributed by atoms with Crippen molar-refractivity contribution < 1.29 is 14.4 Å². The summed E-state index contributed by atoms with van der Waals surface area (Å²) < 4.78 is 0. The van der Waals surface area contributed by atoms with Crippen LogP contribution in [0, 0.1) is 5.92 Å². The fourth-order valence-corrected chi connectivity index (χ4v) is 6.32. The van der Waals surface area contributed by atoms with Crippen LogP contribution in [0.2, 0.25) is 10.0 Å². The Labute approximate surface area is 251 Å². The number of amides is 3. The Kier molecular flexibility index (Phi) is 9.63. The molecule has 0 aromatic heterocycles. The number of likely N-dealkylation sites (tertiary alicyclic amines) is 1. The van der Waals surface area contributed by atoms with E-state index in [2.05, 4.69) is 5.32 Å². The first-order valence-corrected chi connectivity index (χ1v) is 15.1. The highest BCUT2D eigenvalue weighted by Gasteiger charge is 2.37. The maximum atomic E-state index is 13.9. The summed E-state index contributed by atoms with van der Waals surface area (Å²) in [6, 6.07) is 23.5. The predicted molar refractivity (Wildman–Crippen MR) is 162 cm³/mol. The van der Waals surface area contributed by atoms with Crippen LogP contribution in [0.25, 0.3) is 0 Å². The van der Waals surface area contributed by atoms with Gasteiger partial charge in [0.2, 0.25) is 5.91 Å². The molecule has 1 heterocycles. The van der Waals surface area contributed by atoms with Crippen LogP contribution in [0.4, 0.5) is 0 Å². The number of hydrogen-bond donors (Lipinski definition) is 1. The summed E-state index contributed by atoms with van der Waals surface area (Å²) in [6.07, 6.45) is 5.06. The zero-order valence-corrected chi connectivity index (χ0v) is 24.5. The van der Waals surface area contributed by atoms with Gasteiger partial charge in [-0.2, -0.15) is 0 Å². The van der Waals surface area contributed by atoms with E-state index in [4.69, 9.17) is 23.2 Å². The number of rotatable bonds is 7. The third-order valence-corrected chi connectivity index (χ3v) is 8.64. The number of nitrogens with zero attached hydrogens (tertiary/aromatic N) is 2. The summed E-state index contributed by atoms with van der Waals surface area (Å²) >= 11 is 12.2. The Balaban J connectivity index is 1.32. The Hall–Kier alpha value is -3.35. The van der Waals surface area contributed by atoms with E-state index in [1.54, 1.807) is 29.2 Å². The topological polar surface area (TPSA) is 69.7 Å². The van der Waals surface area contributed by atoms with Gasteiger partial charge in [-0.1, -0.05) is 72.4 Å². The molecular formula is C33H35Cl2N3O3. The molecule has 0 bridgehead atoms. The molecule has 1 saturated carbocycles. The van der Waals surface area contributed by atoms with E-state index in [1.165, 1.54) is 0 Å². The Morgan fingerprint density at radius 3 is 2.29 bits per heavy atom. The Morgan fingerprint density at radius 2 is 1.54 bits per heavy atom. The van der Waals surface area contributed by atoms with E-state index in [0.717, 1.165) is 44.1 Å². The molecule has 8 heteroatoms. The van der Waals surface area contributed by atoms with Crippen molar-refractivity contribution in [2.24, 2.45) is 5.92 Å². The fourth-order valence-electron chi connectivity index (χ4n) is 6.01. The van der Waals surface area contributed by atoms with Crippen LogP contribution >= 0.6 is 23.2 Å². The van der Waals surface area contributed by atoms with Gasteiger partial charge in [0, 0.05) is 46.8 Å². The van der Waals surface area contributed by atoms with Gasteiger partial charge in [0.1, 0.15) is 0 Å². The molecule has 2 aliphatic rings. The molecule has 1 aliphatic heterocycles. The number of carbonyl (C=O) groups is 3. The van der Waals surface area contributed by atoms with Gasteiger partial charge in [-0.25, -0.2) is 0 Å². The van der Waals surface area contributed by atoms with Crippen LogP contribution in [-0.2, 0) is 11.3 Å². The predicted octanol–water partition coefficient (Wildman–Crippen LogP) is 6.62. The highest BCUT2D eigenvalue weighted by Crippen LogP contribution is 2.28. The van der Waals surface area contributed by atoms with E-state index in [0.29, 0.717) is 40.8 Å². The summed E-state index contributed by atoms with van der Waals surface area (Å²) in [5.41, 5.74) is 2.14. The molecule has 2 unspecified atom stereocenters. The number of benzene rings is 3. The van der Waals surface area contributed by atoms with Gasteiger partial charge in [0.15, 0.2) is 0 Å². The summed E-state index contributed by atoms with van der Waals surface area (Å²) in [6.45, 7) is 1.40. The normalized spacial score (nSPS) is 20.7. The van der Waals surface area contributed by atoms with Crippen molar-refractivity contribution in [3.05, 3.63) is 106 Å². The first kappa shape index (κ1) is 29.2. The SMILES string of the molecule is O=C(NC1CCCC[C@H]1N(Cc1ccc(Cl)cc1)C(=O)c1ccccc1)C1CCCN(C(=O)c2cccc(Cl)c2)C1. The molecule has 1 N–H and O–H groups in total. The van der Waals surface area contributed by atoms with Gasteiger partial charge in [-0.15, -0.1) is 0 Å². The standard InChI is InChI=1S/C33H35Cl2N3O3/c34-27-17-15-23(16-18-27)21-38(33(41)24-8-2-1-3-9-24)30-14-5-4-13-29(30)36-31(39)26-11-7-19-37(22-26)32(40)25-10-6-12-28(35)20-25/h1-3,6,8-10,12,15-18,20,26,29-30H,4-5,7,11,13-14,19,21-22H2,(H,36,39)/t26?,29?,30-/m1/s1. The molecular weight excluding hydrogens is 557 g/mol. The van der Waals surface area contributed by atoms with E-state index in [9.17, 15) is 14.4 Å². The lowest BCUT2D eigenvalue weighted by Crippen LogP contribution is -2.56. The molecule has 1 aliphatic carbocycles. The average Bonchev–Trinajstić information content (AvgIpc) is 3.01. The average molecular weight is 593 g/mol. The van der Waals surface area contributed by atoms with Crippen LogP contribution in [-0.4, -0.2) is 52.7 Å². The third-order valence-electron chi connectivity index (χ3n) is 8.16. The molecule has 3 aromatic carbocycles. The van der Waals surface area contributed by atoms with Gasteiger partial charge in [-0.05, 0) is 73.7 Å². The van der Waals surface area contributed by atoms with Crippen LogP contribution in [0.5, 0.6) is 0 Å². The molecule has 2 fully saturated rings. The van der Waals surface area contributed by atoms with E-state index >= 15 is 0 Å². The fraction of sp³-hybridized carbons (Fsp3) is 0.364. The van der Waals surface area contributed by atoms with Crippen molar-refractivity contribution in [3.63, 3.8) is 0 Å². The number of hydrogen-bond acceptors (Lipinski definition) is 3. The first-order chi connectivity index (χ1) is 19.9. The Morgan fingerprint density at radius 1 is 0.805 bits per heavy atom. The molecule has 0 radical (unpaired) electrons. The zero-order valence-electron chi connectivity index (χ0n) is 23.0. The third kappa shape index (κ3) is 7.30. The van der Waals surface area contributed by atoms with Crippen molar-refractivity contribution in [2.45, 2.75) is 57.2 Å². The molecule has 1 saturated heterocycles. The van der Waals surface area contributed by atoms with Crippen LogP contribution < -0.4 is 5.32 Å². The maximum absolute atomic E-state index is 13.9. The van der Waals surface area contributed by atoms with Crippen LogP contribution in [0.15, 0.2) is 78.9 Å². The van der Waals surface area contributed by atoms with Gasteiger partial charge in [-0.3, -0.25) is 14.4 Å². The second kappa shape index (κ2) is 13.5. The number of piperidine rings is 1. The van der Waals surface area contributed by atoms with Crippen molar-refractivity contribution >= 4 is 40.9 Å². The molecule has 6 nitrogen and oxygen atoms in total. The smallest absolute Gasteiger partial charge is 0.254 e. The zero-order chi connectivity index (χ0) is 28.8. The molecule has 5 rings (SSSR count). The van der Waals surface area contributed by atoms with Crippen molar-refractivity contribution in [3.8, 4) is 0 Å². The second-order valence-corrected chi connectivity index (χ2v) is 11.9. The summed E-state index contributed by atoms with van der Waals surface area (Å²) in [4.78, 5) is 44.3. The van der Waals surface area contributed by atoms with Gasteiger partial charge >= 0.3 is 0 Å². The van der Waals surface area contributed by atoms with Gasteiger partial charge in [0.25, 0.3) is 11.8 Å². The molecule has 41 heavy (non-hydrogen) atoms. The number of nitrogens with one attached hydrogen (secondary N) is 1. The molecule has 3 amide bonds. The van der Waals surface area contributed by atoms with Crippen molar-refractivity contribution in [2.75, 3.05) is 13.1 Å². The lowest BCUT2D eigenvalue weighted by atomic mass is 9.87. The lowest BCUT2D eigenvalue weighted by Gasteiger charge is -2.41. The van der Waals surface area contributed by atoms with Crippen LogP contribution in [0.3, 0.4) is 0 Å². The Bertz CT molecular complexity index is 1370.